The lowest BCUT2D eigenvalue weighted by Crippen LogP contribution is -2.69. The van der Waals surface area contributed by atoms with Crippen LogP contribution >= 0.6 is 59.7 Å². The summed E-state index contributed by atoms with van der Waals surface area (Å²) in [6.45, 7) is 7.85. The van der Waals surface area contributed by atoms with E-state index in [0.29, 0.717) is 11.3 Å². The van der Waals surface area contributed by atoms with Crippen LogP contribution < -0.4 is 10.8 Å². The van der Waals surface area contributed by atoms with Gasteiger partial charge in [-0.05, 0) is 11.6 Å². The summed E-state index contributed by atoms with van der Waals surface area (Å²) in [6, 6.07) is -0.599. The first-order chi connectivity index (χ1) is 11.5. The number of hydrogen-bond acceptors (Lipinski definition) is 6. The molecule has 10 heteroatoms. The maximum absolute atomic E-state index is 11.9. The number of halogens is 2. The quantitative estimate of drug-likeness (QED) is 0.256. The molecule has 0 radical (unpaired) electrons. The highest BCUT2D eigenvalue weighted by molar-refractivity contribution is 14.0. The second-order valence-electron chi connectivity index (χ2n) is 7.04. The van der Waals surface area contributed by atoms with Crippen molar-refractivity contribution in [2.75, 3.05) is 51.6 Å². The Balaban J connectivity index is 0.00000121. The minimum absolute atomic E-state index is 0. The van der Waals surface area contributed by atoms with Crippen molar-refractivity contribution < 1.29 is 19.2 Å². The van der Waals surface area contributed by atoms with E-state index >= 15 is 0 Å². The zero-order valence-electron chi connectivity index (χ0n) is 14.3. The largest absolute Gasteiger partial charge is 0.543 e. The zero-order chi connectivity index (χ0) is 16.9. The third-order valence-corrected chi connectivity index (χ3v) is 7.04. The molecule has 4 fully saturated rings. The van der Waals surface area contributed by atoms with Gasteiger partial charge < -0.3 is 20.1 Å². The first kappa shape index (κ1) is 22.4. The van der Waals surface area contributed by atoms with E-state index in [0.717, 1.165) is 50.3 Å². The van der Waals surface area contributed by atoms with Crippen LogP contribution in [0.5, 0.6) is 0 Å². The van der Waals surface area contributed by atoms with E-state index < -0.39 is 12.0 Å². The predicted octanol–water partition coefficient (Wildman–Crippen LogP) is -0.829. The lowest BCUT2D eigenvalue weighted by Gasteiger charge is -2.50. The molecule has 5 rings (SSSR count). The van der Waals surface area contributed by atoms with Crippen LogP contribution in [-0.2, 0) is 9.59 Å². The number of fused-ring (bicyclic) bond motifs is 4. The number of allylic oxidation sites excluding steroid dienone is 1. The van der Waals surface area contributed by atoms with Crippen molar-refractivity contribution in [1.29, 1.82) is 0 Å². The molecule has 7 nitrogen and oxygen atoms in total. The first-order valence-electron chi connectivity index (χ1n) is 8.39. The van der Waals surface area contributed by atoms with Crippen LogP contribution in [0, 0.1) is 0 Å². The molecule has 5 aliphatic rings. The molecule has 26 heavy (non-hydrogen) atoms. The van der Waals surface area contributed by atoms with E-state index in [2.05, 4.69) is 11.0 Å². The molecule has 2 atom stereocenters. The summed E-state index contributed by atoms with van der Waals surface area (Å²) >= 11 is 1.52. The summed E-state index contributed by atoms with van der Waals surface area (Å²) in [5.74, 6) is -1.07. The van der Waals surface area contributed by atoms with Crippen LogP contribution in [0.3, 0.4) is 0 Å². The number of carbonyl (C=O) groups excluding carboxylic acids is 2. The average Bonchev–Trinajstić information content (AvgIpc) is 2.61. The lowest BCUT2D eigenvalue weighted by molar-refractivity contribution is -0.935. The van der Waals surface area contributed by atoms with Crippen molar-refractivity contribution in [1.82, 2.24) is 9.80 Å². The standard InChI is InChI=1S/C16H22N4O3S.2HI/c17-12-14(21)19-13(16(22)23)11(10-24-15(12)19)2-1-6-20-7-3-18(4-8-20)5-9-20;;/h1-2,12,15H,3-10,17H2;2*1H/b2-1+;;/t12-,15-;;/m1../s1. The number of nitrogens with two attached hydrogens (primary N) is 1. The van der Waals surface area contributed by atoms with Gasteiger partial charge in [0.2, 0.25) is 5.91 Å². The van der Waals surface area contributed by atoms with E-state index in [1.807, 2.05) is 6.08 Å². The topological polar surface area (TPSA) is 89.7 Å². The van der Waals surface area contributed by atoms with Crippen molar-refractivity contribution in [2.45, 2.75) is 11.4 Å². The van der Waals surface area contributed by atoms with Gasteiger partial charge in [0.1, 0.15) is 11.4 Å². The molecule has 0 aromatic carbocycles. The number of β-lactam (4-membered cyclic amide) rings is 1. The molecule has 0 spiro atoms. The highest BCUT2D eigenvalue weighted by atomic mass is 127. The second-order valence-corrected chi connectivity index (χ2v) is 8.14. The normalized spacial score (nSPS) is 35.5. The molecule has 0 aromatic heterocycles. The van der Waals surface area contributed by atoms with Crippen LogP contribution in [0.15, 0.2) is 23.4 Å². The summed E-state index contributed by atoms with van der Waals surface area (Å²) in [5.41, 5.74) is 6.41. The highest BCUT2D eigenvalue weighted by Crippen LogP contribution is 2.39. The van der Waals surface area contributed by atoms with E-state index in [1.165, 1.54) is 16.7 Å². The number of carbonyl (C=O) groups is 2. The molecule has 146 valence electrons. The lowest BCUT2D eigenvalue weighted by atomic mass is 10.0. The molecule has 4 saturated heterocycles. The van der Waals surface area contributed by atoms with Crippen LogP contribution in [0.4, 0.5) is 0 Å². The molecule has 5 aliphatic heterocycles. The van der Waals surface area contributed by atoms with Crippen molar-refractivity contribution in [2.24, 2.45) is 5.73 Å². The molecule has 5 heterocycles. The van der Waals surface area contributed by atoms with Gasteiger partial charge in [-0.3, -0.25) is 14.6 Å². The maximum Gasteiger partial charge on any atom is 0.248 e. The molecule has 1 amide bonds. The zero-order valence-corrected chi connectivity index (χ0v) is 19.8. The number of aliphatic carboxylic acids is 1. The van der Waals surface area contributed by atoms with Crippen molar-refractivity contribution in [3.63, 3.8) is 0 Å². The van der Waals surface area contributed by atoms with Gasteiger partial charge in [0.15, 0.2) is 0 Å². The van der Waals surface area contributed by atoms with E-state index in [1.54, 1.807) is 0 Å². The Bertz CT molecular complexity index is 636. The van der Waals surface area contributed by atoms with Crippen LogP contribution in [0.2, 0.25) is 0 Å². The van der Waals surface area contributed by atoms with Gasteiger partial charge in [-0.1, -0.05) is 6.08 Å². The van der Waals surface area contributed by atoms with E-state index in [9.17, 15) is 14.7 Å². The maximum atomic E-state index is 11.9. The molecule has 2 N–H and O–H groups in total. The first-order valence-corrected chi connectivity index (χ1v) is 9.44. The highest BCUT2D eigenvalue weighted by Gasteiger charge is 2.50. The van der Waals surface area contributed by atoms with Gasteiger partial charge in [0.05, 0.1) is 37.8 Å². The summed E-state index contributed by atoms with van der Waals surface area (Å²) in [6.07, 6.45) is 3.95. The second kappa shape index (κ2) is 8.64. The number of piperazine rings is 3. The van der Waals surface area contributed by atoms with Gasteiger partial charge in [-0.25, -0.2) is 0 Å². The molecule has 0 unspecified atom stereocenters. The molecule has 2 bridgehead atoms. The molecule has 0 saturated carbocycles. The Hall–Kier alpha value is 0.110. The summed E-state index contributed by atoms with van der Waals surface area (Å²) in [4.78, 5) is 27.2. The molecular formula is C16H24I2N4O3S. The van der Waals surface area contributed by atoms with E-state index in [4.69, 9.17) is 5.73 Å². The van der Waals surface area contributed by atoms with Gasteiger partial charge in [-0.15, -0.1) is 59.7 Å². The fraction of sp³-hybridized carbons (Fsp3) is 0.625. The summed E-state index contributed by atoms with van der Waals surface area (Å²) in [7, 11) is 0. The molecule has 0 aliphatic carbocycles. The Morgan fingerprint density at radius 2 is 1.88 bits per heavy atom. The third-order valence-electron chi connectivity index (χ3n) is 5.72. The third kappa shape index (κ3) is 3.81. The number of carboxylic acids is 1. The van der Waals surface area contributed by atoms with Gasteiger partial charge in [-0.2, -0.15) is 0 Å². The fourth-order valence-corrected chi connectivity index (χ4v) is 5.35. The number of carboxylic acid groups (broad SMARTS) is 1. The number of hydrogen-bond donors (Lipinski definition) is 1. The Morgan fingerprint density at radius 3 is 2.46 bits per heavy atom. The number of rotatable bonds is 4. The minimum atomic E-state index is -1.29. The minimum Gasteiger partial charge on any atom is -0.543 e. The van der Waals surface area contributed by atoms with Crippen LogP contribution in [-0.4, -0.2) is 89.1 Å². The van der Waals surface area contributed by atoms with Crippen LogP contribution in [0.1, 0.15) is 0 Å². The number of nitrogens with zero attached hydrogens (tertiary/aromatic N) is 3. The van der Waals surface area contributed by atoms with Gasteiger partial charge >= 0.3 is 0 Å². The molecular weight excluding hydrogens is 582 g/mol. The average molecular weight is 606 g/mol. The SMILES string of the molecule is I.I.N[C@@H]1C(=O)N2C(C(=O)[O-])=C(/C=C/C[N+]34CCN(CC3)CC4)CS[C@H]12. The smallest absolute Gasteiger partial charge is 0.248 e. The van der Waals surface area contributed by atoms with E-state index in [-0.39, 0.29) is 64.9 Å². The summed E-state index contributed by atoms with van der Waals surface area (Å²) in [5, 5.41) is 11.3. The number of quaternary nitrogens is 1. The Morgan fingerprint density at radius 1 is 1.27 bits per heavy atom. The monoisotopic (exact) mass is 606 g/mol. The van der Waals surface area contributed by atoms with Crippen LogP contribution in [0.25, 0.3) is 0 Å². The fourth-order valence-electron chi connectivity index (χ4n) is 4.08. The predicted molar refractivity (Wildman–Crippen MR) is 119 cm³/mol. The van der Waals surface area contributed by atoms with Crippen molar-refractivity contribution in [3.05, 3.63) is 23.4 Å². The Kier molecular flexibility index (Phi) is 7.44. The van der Waals surface area contributed by atoms with Gasteiger partial charge in [0.25, 0.3) is 0 Å². The molecule has 0 aromatic rings. The number of thioether (sulfide) groups is 1. The number of amides is 1. The van der Waals surface area contributed by atoms with Crippen molar-refractivity contribution in [3.8, 4) is 0 Å². The Labute approximate surface area is 191 Å². The van der Waals surface area contributed by atoms with Gasteiger partial charge in [0, 0.05) is 25.4 Å². The van der Waals surface area contributed by atoms with Crippen molar-refractivity contribution >= 4 is 71.6 Å². The summed E-state index contributed by atoms with van der Waals surface area (Å²) < 4.78 is 1.09.